The zero-order valence-electron chi connectivity index (χ0n) is 14.3. The van der Waals surface area contributed by atoms with Crippen LogP contribution in [0.15, 0.2) is 46.9 Å². The van der Waals surface area contributed by atoms with Crippen LogP contribution in [0, 0.1) is 0 Å². The van der Waals surface area contributed by atoms with Crippen molar-refractivity contribution in [2.45, 2.75) is 19.9 Å². The number of hydrogen-bond donors (Lipinski definition) is 1. The van der Waals surface area contributed by atoms with E-state index in [0.29, 0.717) is 17.9 Å². The molecule has 130 valence electrons. The monoisotopic (exact) mass is 347 g/mol. The van der Waals surface area contributed by atoms with E-state index in [0.717, 1.165) is 45.8 Å². The fourth-order valence-corrected chi connectivity index (χ4v) is 3.15. The van der Waals surface area contributed by atoms with Gasteiger partial charge in [-0.2, -0.15) is 0 Å². The topological polar surface area (TPSA) is 69.4 Å². The van der Waals surface area contributed by atoms with Crippen LogP contribution in [0.5, 0.6) is 11.5 Å². The minimum absolute atomic E-state index is 0.275. The number of fused-ring (bicyclic) bond motifs is 4. The van der Waals surface area contributed by atoms with E-state index in [2.05, 4.69) is 15.3 Å². The highest BCUT2D eigenvalue weighted by molar-refractivity contribution is 6.05. The fourth-order valence-electron chi connectivity index (χ4n) is 3.15. The van der Waals surface area contributed by atoms with Crippen LogP contribution in [-0.2, 0) is 13.0 Å². The molecule has 0 saturated heterocycles. The number of hydrogen-bond acceptors (Lipinski definition) is 6. The van der Waals surface area contributed by atoms with Gasteiger partial charge < -0.3 is 19.2 Å². The Bertz CT molecular complexity index is 1120. The third-order valence-electron chi connectivity index (χ3n) is 4.48. The summed E-state index contributed by atoms with van der Waals surface area (Å²) in [6.45, 7) is 2.92. The molecule has 6 nitrogen and oxygen atoms in total. The molecule has 0 aliphatic carbocycles. The van der Waals surface area contributed by atoms with Gasteiger partial charge in [0, 0.05) is 18.4 Å². The Hall–Kier alpha value is -3.28. The van der Waals surface area contributed by atoms with Crippen molar-refractivity contribution in [3.05, 3.63) is 53.9 Å². The summed E-state index contributed by atoms with van der Waals surface area (Å²) in [6, 6.07) is 13.8. The molecule has 0 saturated carbocycles. The molecule has 4 aromatic rings. The summed E-state index contributed by atoms with van der Waals surface area (Å²) in [5.41, 5.74) is 3.43. The van der Waals surface area contributed by atoms with Crippen molar-refractivity contribution in [3.63, 3.8) is 0 Å². The van der Waals surface area contributed by atoms with Gasteiger partial charge in [0.05, 0.1) is 0 Å². The number of nitrogens with one attached hydrogen (secondary N) is 1. The third-order valence-corrected chi connectivity index (χ3v) is 4.48. The second-order valence-electron chi connectivity index (χ2n) is 6.16. The number of rotatable bonds is 4. The van der Waals surface area contributed by atoms with E-state index in [-0.39, 0.29) is 6.79 Å². The molecule has 2 aromatic heterocycles. The molecular formula is C20H17N3O3. The first-order valence-corrected chi connectivity index (χ1v) is 8.62. The summed E-state index contributed by atoms with van der Waals surface area (Å²) in [6.07, 6.45) is 0.758. The van der Waals surface area contributed by atoms with Crippen LogP contribution in [0.1, 0.15) is 18.3 Å². The molecular weight excluding hydrogens is 330 g/mol. The van der Waals surface area contributed by atoms with E-state index in [9.17, 15) is 0 Å². The van der Waals surface area contributed by atoms with E-state index >= 15 is 0 Å². The number of ether oxygens (including phenoxy) is 2. The molecule has 0 unspecified atom stereocenters. The van der Waals surface area contributed by atoms with Crippen molar-refractivity contribution in [1.82, 2.24) is 9.97 Å². The van der Waals surface area contributed by atoms with Crippen LogP contribution >= 0.6 is 0 Å². The number of aryl methyl sites for hydroxylation is 1. The van der Waals surface area contributed by atoms with Crippen LogP contribution in [0.4, 0.5) is 5.82 Å². The lowest BCUT2D eigenvalue weighted by molar-refractivity contribution is 0.174. The lowest BCUT2D eigenvalue weighted by atomic mass is 10.2. The number of anilines is 1. The number of aromatic nitrogens is 2. The van der Waals surface area contributed by atoms with Crippen molar-refractivity contribution in [3.8, 4) is 11.5 Å². The first-order chi connectivity index (χ1) is 12.8. The Morgan fingerprint density at radius 1 is 1.04 bits per heavy atom. The number of para-hydroxylation sites is 1. The molecule has 0 radical (unpaired) electrons. The molecule has 1 aliphatic heterocycles. The van der Waals surface area contributed by atoms with Crippen LogP contribution in [0.2, 0.25) is 0 Å². The summed E-state index contributed by atoms with van der Waals surface area (Å²) in [5.74, 6) is 3.05. The first-order valence-electron chi connectivity index (χ1n) is 8.62. The highest BCUT2D eigenvalue weighted by Crippen LogP contribution is 2.34. The smallest absolute Gasteiger partial charge is 0.231 e. The van der Waals surface area contributed by atoms with Gasteiger partial charge in [0.1, 0.15) is 16.9 Å². The molecule has 0 bridgehead atoms. The van der Waals surface area contributed by atoms with Gasteiger partial charge >= 0.3 is 0 Å². The van der Waals surface area contributed by atoms with Gasteiger partial charge in [-0.1, -0.05) is 25.1 Å². The molecule has 0 atom stereocenters. The minimum Gasteiger partial charge on any atom is -0.454 e. The lowest BCUT2D eigenvalue weighted by Crippen LogP contribution is -2.04. The van der Waals surface area contributed by atoms with Gasteiger partial charge in [0.2, 0.25) is 6.79 Å². The normalized spacial score (nSPS) is 12.8. The van der Waals surface area contributed by atoms with E-state index in [4.69, 9.17) is 13.9 Å². The first kappa shape index (κ1) is 15.0. The Balaban J connectivity index is 1.53. The van der Waals surface area contributed by atoms with E-state index in [1.807, 2.05) is 49.4 Å². The van der Waals surface area contributed by atoms with Crippen molar-refractivity contribution in [2.24, 2.45) is 0 Å². The standard InChI is InChI=1S/C20H17N3O3/c1-2-17-22-18-13-5-3-4-6-14(13)26-19(18)20(23-17)21-10-12-7-8-15-16(9-12)25-11-24-15/h3-9H,2,10-11H2,1H3,(H,21,22,23). The highest BCUT2D eigenvalue weighted by Gasteiger charge is 2.16. The molecule has 1 aliphatic rings. The predicted molar refractivity (Wildman–Crippen MR) is 98.6 cm³/mol. The van der Waals surface area contributed by atoms with Crippen LogP contribution in [0.3, 0.4) is 0 Å². The fraction of sp³-hybridized carbons (Fsp3) is 0.200. The molecule has 1 N–H and O–H groups in total. The van der Waals surface area contributed by atoms with Crippen LogP contribution < -0.4 is 14.8 Å². The van der Waals surface area contributed by atoms with Gasteiger partial charge in [0.15, 0.2) is 22.9 Å². The number of nitrogens with zero attached hydrogens (tertiary/aromatic N) is 2. The Labute approximate surface area is 149 Å². The Morgan fingerprint density at radius 3 is 2.85 bits per heavy atom. The molecule has 26 heavy (non-hydrogen) atoms. The minimum atomic E-state index is 0.275. The molecule has 0 spiro atoms. The van der Waals surface area contributed by atoms with Crippen LogP contribution in [0.25, 0.3) is 22.1 Å². The summed E-state index contributed by atoms with van der Waals surface area (Å²) in [5, 5.41) is 4.39. The second-order valence-corrected chi connectivity index (χ2v) is 6.16. The average molecular weight is 347 g/mol. The molecule has 6 heteroatoms. The predicted octanol–water partition coefficient (Wildman–Crippen LogP) is 4.28. The molecule has 5 rings (SSSR count). The highest BCUT2D eigenvalue weighted by atomic mass is 16.7. The Kier molecular flexibility index (Phi) is 3.41. The van der Waals surface area contributed by atoms with Gasteiger partial charge in [0.25, 0.3) is 0 Å². The summed E-state index contributed by atoms with van der Waals surface area (Å²) in [4.78, 5) is 9.29. The quantitative estimate of drug-likeness (QED) is 0.594. The second kappa shape index (κ2) is 5.91. The summed E-state index contributed by atoms with van der Waals surface area (Å²) in [7, 11) is 0. The van der Waals surface area contributed by atoms with Crippen molar-refractivity contribution < 1.29 is 13.9 Å². The van der Waals surface area contributed by atoms with Gasteiger partial charge in [-0.15, -0.1) is 0 Å². The van der Waals surface area contributed by atoms with E-state index in [1.54, 1.807) is 0 Å². The maximum absolute atomic E-state index is 6.01. The molecule has 2 aromatic carbocycles. The molecule has 3 heterocycles. The van der Waals surface area contributed by atoms with E-state index < -0.39 is 0 Å². The lowest BCUT2D eigenvalue weighted by Gasteiger charge is -2.08. The largest absolute Gasteiger partial charge is 0.454 e. The number of benzene rings is 2. The molecule has 0 amide bonds. The Morgan fingerprint density at radius 2 is 1.92 bits per heavy atom. The zero-order valence-corrected chi connectivity index (χ0v) is 14.3. The van der Waals surface area contributed by atoms with Crippen molar-refractivity contribution in [2.75, 3.05) is 12.1 Å². The average Bonchev–Trinajstić information content (AvgIpc) is 3.29. The SMILES string of the molecule is CCc1nc(NCc2ccc3c(c2)OCO3)c2oc3ccccc3c2n1. The van der Waals surface area contributed by atoms with Gasteiger partial charge in [-0.05, 0) is 29.8 Å². The summed E-state index contributed by atoms with van der Waals surface area (Å²) >= 11 is 0. The third kappa shape index (κ3) is 2.42. The van der Waals surface area contributed by atoms with E-state index in [1.165, 1.54) is 0 Å². The van der Waals surface area contributed by atoms with Crippen molar-refractivity contribution >= 4 is 27.9 Å². The molecule has 0 fully saturated rings. The maximum atomic E-state index is 6.01. The van der Waals surface area contributed by atoms with Gasteiger partial charge in [-0.3, -0.25) is 0 Å². The number of furan rings is 1. The van der Waals surface area contributed by atoms with Crippen molar-refractivity contribution in [1.29, 1.82) is 0 Å². The van der Waals surface area contributed by atoms with Gasteiger partial charge in [-0.25, -0.2) is 9.97 Å². The maximum Gasteiger partial charge on any atom is 0.231 e. The van der Waals surface area contributed by atoms with Crippen LogP contribution in [-0.4, -0.2) is 16.8 Å². The zero-order chi connectivity index (χ0) is 17.5. The summed E-state index contributed by atoms with van der Waals surface area (Å²) < 4.78 is 16.8.